The topological polar surface area (TPSA) is 81.8 Å². The molecular formula is C25H26Cl2N4O3. The third-order valence-electron chi connectivity index (χ3n) is 6.24. The van der Waals surface area contributed by atoms with E-state index < -0.39 is 12.1 Å². The molecule has 0 aromatic heterocycles. The van der Waals surface area contributed by atoms with E-state index in [-0.39, 0.29) is 24.4 Å². The first kappa shape index (κ1) is 24.1. The van der Waals surface area contributed by atoms with Gasteiger partial charge in [-0.05, 0) is 43.5 Å². The molecule has 0 saturated heterocycles. The third kappa shape index (κ3) is 4.63. The highest BCUT2D eigenvalue weighted by Crippen LogP contribution is 2.39. The summed E-state index contributed by atoms with van der Waals surface area (Å²) >= 11 is 12.5. The van der Waals surface area contributed by atoms with E-state index in [4.69, 9.17) is 23.2 Å². The van der Waals surface area contributed by atoms with Crippen LogP contribution < -0.4 is 10.6 Å². The fourth-order valence-electron chi connectivity index (χ4n) is 4.39. The predicted molar refractivity (Wildman–Crippen MR) is 131 cm³/mol. The molecule has 0 fully saturated rings. The van der Waals surface area contributed by atoms with Crippen LogP contribution in [0, 0.1) is 0 Å². The number of carbonyl (C=O) groups is 3. The third-order valence-corrected chi connectivity index (χ3v) is 6.80. The van der Waals surface area contributed by atoms with E-state index in [1.807, 2.05) is 37.3 Å². The number of carbonyl (C=O) groups excluding carboxylic acids is 3. The van der Waals surface area contributed by atoms with E-state index in [1.165, 1.54) is 9.80 Å². The Bertz CT molecular complexity index is 1150. The molecule has 2 N–H and O–H groups in total. The fraction of sp³-hybridized carbons (Fsp3) is 0.320. The van der Waals surface area contributed by atoms with Crippen molar-refractivity contribution in [3.8, 4) is 0 Å². The molecule has 2 aliphatic heterocycles. The van der Waals surface area contributed by atoms with Gasteiger partial charge in [0.2, 0.25) is 5.91 Å². The first-order chi connectivity index (χ1) is 16.3. The van der Waals surface area contributed by atoms with Crippen LogP contribution in [0.25, 0.3) is 0 Å². The Hall–Kier alpha value is -3.03. The number of likely N-dealkylation sites (N-methyl/N-ethyl adjacent to an activating group) is 1. The Balaban J connectivity index is 1.53. The first-order valence-corrected chi connectivity index (χ1v) is 12.0. The minimum atomic E-state index is -0.721. The average Bonchev–Trinajstić information content (AvgIpc) is 3.16. The number of nitrogens with one attached hydrogen (secondary N) is 2. The number of hydrogen-bond donors (Lipinski definition) is 2. The monoisotopic (exact) mass is 500 g/mol. The van der Waals surface area contributed by atoms with Gasteiger partial charge in [0, 0.05) is 23.1 Å². The Labute approximate surface area is 208 Å². The largest absolute Gasteiger partial charge is 0.354 e. The minimum absolute atomic E-state index is 0.171. The number of urea groups is 1. The van der Waals surface area contributed by atoms with Crippen molar-refractivity contribution in [2.24, 2.45) is 0 Å². The van der Waals surface area contributed by atoms with Gasteiger partial charge in [0.25, 0.3) is 5.91 Å². The maximum Gasteiger partial charge on any atom is 0.322 e. The lowest BCUT2D eigenvalue weighted by Gasteiger charge is -2.33. The Kier molecular flexibility index (Phi) is 7.14. The van der Waals surface area contributed by atoms with Crippen LogP contribution in [0.2, 0.25) is 10.0 Å². The van der Waals surface area contributed by atoms with Gasteiger partial charge < -0.3 is 15.5 Å². The first-order valence-electron chi connectivity index (χ1n) is 11.2. The summed E-state index contributed by atoms with van der Waals surface area (Å²) in [5.74, 6) is -0.539. The van der Waals surface area contributed by atoms with Crippen LogP contribution in [0.5, 0.6) is 0 Å². The maximum absolute atomic E-state index is 13.6. The highest BCUT2D eigenvalue weighted by Gasteiger charge is 2.46. The molecule has 2 aliphatic rings. The van der Waals surface area contributed by atoms with Gasteiger partial charge in [-0.2, -0.15) is 0 Å². The summed E-state index contributed by atoms with van der Waals surface area (Å²) in [5, 5.41) is 6.62. The lowest BCUT2D eigenvalue weighted by Crippen LogP contribution is -2.47. The minimum Gasteiger partial charge on any atom is -0.354 e. The Morgan fingerprint density at radius 1 is 1.18 bits per heavy atom. The molecule has 0 saturated carbocycles. The Morgan fingerprint density at radius 3 is 2.59 bits per heavy atom. The normalized spacial score (nSPS) is 18.6. The molecule has 9 heteroatoms. The highest BCUT2D eigenvalue weighted by molar-refractivity contribution is 6.35. The summed E-state index contributed by atoms with van der Waals surface area (Å²) < 4.78 is 0. The summed E-state index contributed by atoms with van der Waals surface area (Å²) in [6, 6.07) is 13.1. The smallest absolute Gasteiger partial charge is 0.322 e. The molecule has 2 heterocycles. The van der Waals surface area contributed by atoms with Crippen molar-refractivity contribution in [3.05, 3.63) is 81.0 Å². The number of benzene rings is 2. The summed E-state index contributed by atoms with van der Waals surface area (Å²) in [4.78, 5) is 42.3. The van der Waals surface area contributed by atoms with E-state index in [1.54, 1.807) is 25.1 Å². The van der Waals surface area contributed by atoms with Crippen molar-refractivity contribution in [1.29, 1.82) is 0 Å². The van der Waals surface area contributed by atoms with Crippen molar-refractivity contribution in [2.45, 2.75) is 32.4 Å². The van der Waals surface area contributed by atoms with E-state index in [2.05, 4.69) is 10.6 Å². The van der Waals surface area contributed by atoms with Gasteiger partial charge in [-0.1, -0.05) is 59.6 Å². The summed E-state index contributed by atoms with van der Waals surface area (Å²) in [6.07, 6.45) is 0.696. The Morgan fingerprint density at radius 2 is 1.91 bits per heavy atom. The molecule has 4 rings (SSSR count). The van der Waals surface area contributed by atoms with Crippen molar-refractivity contribution >= 4 is 41.0 Å². The fourth-order valence-corrected chi connectivity index (χ4v) is 4.91. The van der Waals surface area contributed by atoms with Crippen LogP contribution >= 0.6 is 23.2 Å². The second-order valence-electron chi connectivity index (χ2n) is 8.29. The summed E-state index contributed by atoms with van der Waals surface area (Å²) in [6.45, 7) is 4.57. The van der Waals surface area contributed by atoms with E-state index in [9.17, 15) is 14.4 Å². The highest BCUT2D eigenvalue weighted by atomic mass is 35.5. The van der Waals surface area contributed by atoms with Gasteiger partial charge >= 0.3 is 6.03 Å². The number of rotatable bonds is 7. The summed E-state index contributed by atoms with van der Waals surface area (Å²) in [5.41, 5.74) is 2.72. The van der Waals surface area contributed by atoms with Gasteiger partial charge in [-0.25, -0.2) is 4.79 Å². The quantitative estimate of drug-likeness (QED) is 0.604. The second kappa shape index (κ2) is 10.1. The van der Waals surface area contributed by atoms with E-state index in [0.29, 0.717) is 46.4 Å². The lowest BCUT2D eigenvalue weighted by molar-refractivity contribution is -0.135. The zero-order chi connectivity index (χ0) is 24.4. The van der Waals surface area contributed by atoms with Crippen LogP contribution in [-0.4, -0.2) is 53.3 Å². The lowest BCUT2D eigenvalue weighted by atomic mass is 9.95. The zero-order valence-corrected chi connectivity index (χ0v) is 20.5. The van der Waals surface area contributed by atoms with Crippen LogP contribution in [0.3, 0.4) is 0 Å². The predicted octanol–water partition coefficient (Wildman–Crippen LogP) is 3.92. The molecule has 0 radical (unpaired) electrons. The average molecular weight is 501 g/mol. The molecule has 178 valence electrons. The molecule has 2 unspecified atom stereocenters. The molecule has 2 aromatic rings. The van der Waals surface area contributed by atoms with Crippen molar-refractivity contribution in [1.82, 2.24) is 20.4 Å². The van der Waals surface area contributed by atoms with Gasteiger partial charge in [0.1, 0.15) is 6.04 Å². The van der Waals surface area contributed by atoms with E-state index >= 15 is 0 Å². The number of hydrogen-bond acceptors (Lipinski definition) is 3. The standard InChI is InChI=1S/C25H26Cl2N4O3/c1-3-30-20-14-31(15(2)23(32)28-12-11-16-7-5-4-6-8-16)24(33)21(20)22(29-25(30)34)18-10-9-17(26)13-19(18)27/h4-10,13,15,22H,3,11-12,14H2,1-2H3,(H,28,32)(H,29,34). The van der Waals surface area contributed by atoms with Gasteiger partial charge in [0.15, 0.2) is 0 Å². The van der Waals surface area contributed by atoms with Crippen molar-refractivity contribution in [3.63, 3.8) is 0 Å². The van der Waals surface area contributed by atoms with Crippen LogP contribution in [0.15, 0.2) is 59.8 Å². The van der Waals surface area contributed by atoms with Crippen LogP contribution in [0.4, 0.5) is 4.79 Å². The van der Waals surface area contributed by atoms with Crippen molar-refractivity contribution in [2.75, 3.05) is 19.6 Å². The van der Waals surface area contributed by atoms with E-state index in [0.717, 1.165) is 5.56 Å². The molecule has 0 aliphatic carbocycles. The summed E-state index contributed by atoms with van der Waals surface area (Å²) in [7, 11) is 0. The maximum atomic E-state index is 13.6. The van der Waals surface area contributed by atoms with Gasteiger partial charge in [-0.15, -0.1) is 0 Å². The molecule has 0 bridgehead atoms. The molecule has 2 aromatic carbocycles. The zero-order valence-electron chi connectivity index (χ0n) is 19.0. The van der Waals surface area contributed by atoms with Gasteiger partial charge in [0.05, 0.1) is 23.9 Å². The van der Waals surface area contributed by atoms with Crippen LogP contribution in [-0.2, 0) is 16.0 Å². The van der Waals surface area contributed by atoms with Crippen LogP contribution in [0.1, 0.15) is 31.0 Å². The molecule has 2 atom stereocenters. The SMILES string of the molecule is CCN1C(=O)NC(c2ccc(Cl)cc2Cl)C2=C1CN(C(C)C(=O)NCCc1ccccc1)C2=O. The molecule has 4 amide bonds. The van der Waals surface area contributed by atoms with Gasteiger partial charge in [-0.3, -0.25) is 14.5 Å². The number of halogens is 2. The molecule has 7 nitrogen and oxygen atoms in total. The number of amides is 4. The second-order valence-corrected chi connectivity index (χ2v) is 9.13. The number of nitrogens with zero attached hydrogens (tertiary/aromatic N) is 2. The molecular weight excluding hydrogens is 475 g/mol. The molecule has 0 spiro atoms. The van der Waals surface area contributed by atoms with Crippen molar-refractivity contribution < 1.29 is 14.4 Å². The molecule has 34 heavy (non-hydrogen) atoms.